The number of hydrogen-bond donors (Lipinski definition) is 12. The zero-order valence-corrected chi connectivity index (χ0v) is 87.0. The van der Waals surface area contributed by atoms with E-state index < -0.39 is 22.2 Å². The van der Waals surface area contributed by atoms with Gasteiger partial charge in [-0.15, -0.1) is 0 Å². The van der Waals surface area contributed by atoms with E-state index in [9.17, 15) is 43.5 Å². The summed E-state index contributed by atoms with van der Waals surface area (Å²) < 4.78 is 37.5. The molecular formula is C118H127N15O11S. The van der Waals surface area contributed by atoms with Gasteiger partial charge in [-0.25, -0.2) is 37.9 Å². The predicted molar refractivity (Wildman–Crippen MR) is 590 cm³/mol. The molecule has 0 unspecified atom stereocenters. The van der Waals surface area contributed by atoms with Gasteiger partial charge in [-0.1, -0.05) is 72.8 Å². The maximum atomic E-state index is 12.6. The number of carbonyl (C=O) groups excluding carboxylic acids is 2. The Morgan fingerprint density at radius 1 is 0.331 bits per heavy atom. The first-order valence-electron chi connectivity index (χ1n) is 48.1. The van der Waals surface area contributed by atoms with E-state index in [0.29, 0.717) is 51.5 Å². The number of imidazole rings is 4. The summed E-state index contributed by atoms with van der Waals surface area (Å²) in [6, 6.07) is 80.3. The van der Waals surface area contributed by atoms with Crippen molar-refractivity contribution in [1.82, 2.24) is 45.2 Å². The number of carbonyl (C=O) groups is 2. The third-order valence-corrected chi connectivity index (χ3v) is 26.0. The molecule has 17 aromatic rings. The molecule has 0 bridgehead atoms. The monoisotopic (exact) mass is 1960 g/mol. The third-order valence-electron chi connectivity index (χ3n) is 25.4. The van der Waals surface area contributed by atoms with Gasteiger partial charge in [-0.05, 0) is 353 Å². The number of aromatic amines is 4. The number of rotatable bonds is 25. The van der Waals surface area contributed by atoms with Crippen LogP contribution in [0.2, 0.25) is 0 Å². The number of amides is 2. The Morgan fingerprint density at radius 3 is 0.986 bits per heavy atom. The molecule has 145 heavy (non-hydrogen) atoms. The highest BCUT2D eigenvalue weighted by atomic mass is 32.2. The van der Waals surface area contributed by atoms with E-state index in [1.54, 1.807) is 36.4 Å². The van der Waals surface area contributed by atoms with Crippen molar-refractivity contribution in [3.05, 3.63) is 315 Å². The van der Waals surface area contributed by atoms with Crippen LogP contribution < -0.4 is 44.4 Å². The lowest BCUT2D eigenvalue weighted by Gasteiger charge is -2.21. The van der Waals surface area contributed by atoms with Gasteiger partial charge in [-0.3, -0.25) is 10.0 Å². The molecule has 17 rings (SSSR count). The van der Waals surface area contributed by atoms with Crippen molar-refractivity contribution < 1.29 is 53.0 Å². The fraction of sp³-hybridized carbons (Fsp3) is 0.220. The molecule has 27 heteroatoms. The maximum absolute atomic E-state index is 12.6. The third kappa shape index (κ3) is 24.3. The van der Waals surface area contributed by atoms with E-state index in [-0.39, 0.29) is 28.7 Å². The van der Waals surface area contributed by atoms with Gasteiger partial charge in [0.05, 0.1) is 63.1 Å². The van der Waals surface area contributed by atoms with Gasteiger partial charge in [0.1, 0.15) is 63.5 Å². The average Bonchev–Trinajstić information content (AvgIpc) is 1.64. The number of ether oxygens (including phenoxy) is 2. The molecule has 0 saturated carbocycles. The van der Waals surface area contributed by atoms with Gasteiger partial charge in [0.15, 0.2) is 0 Å². The van der Waals surface area contributed by atoms with Crippen LogP contribution in [-0.2, 0) is 10.0 Å². The van der Waals surface area contributed by atoms with E-state index in [1.165, 1.54) is 24.7 Å². The lowest BCUT2D eigenvalue weighted by Crippen LogP contribution is -2.22. The smallest absolute Gasteiger partial charge is 0.417 e. The first kappa shape index (κ1) is 104. The van der Waals surface area contributed by atoms with Crippen LogP contribution in [0.3, 0.4) is 0 Å². The number of nitrogens with one attached hydrogen (secondary N) is 7. The van der Waals surface area contributed by atoms with Gasteiger partial charge >= 0.3 is 12.2 Å². The number of phenolic OH excluding ortho intramolecular Hbond substituents is 5. The molecule has 0 saturated heterocycles. The highest BCUT2D eigenvalue weighted by Crippen LogP contribution is 2.45. The van der Waals surface area contributed by atoms with Crippen LogP contribution >= 0.6 is 0 Å². The Bertz CT molecular complexity index is 7260. The van der Waals surface area contributed by atoms with E-state index in [2.05, 4.69) is 180 Å². The summed E-state index contributed by atoms with van der Waals surface area (Å²) in [6.07, 6.45) is 0.119. The molecule has 26 nitrogen and oxygen atoms in total. The number of aromatic nitrogens is 8. The molecule has 0 atom stereocenters. The van der Waals surface area contributed by atoms with Crippen molar-refractivity contribution in [2.24, 2.45) is 0 Å². The highest BCUT2D eigenvalue weighted by Gasteiger charge is 2.27. The van der Waals surface area contributed by atoms with Crippen LogP contribution in [0.4, 0.5) is 43.7 Å². The molecule has 4 heterocycles. The lowest BCUT2D eigenvalue weighted by molar-refractivity contribution is 0.202. The fourth-order valence-electron chi connectivity index (χ4n) is 17.8. The standard InChI is InChI=1S/C34H35N5O2.C32H41N5O2S.C27H28N2O3.C25H23N3O4/c1-22-20-26(21-23(2)32(22)41-34(40)35-27-10-8-7-9-11-27)33-36-30(24-12-16-28(17-13-24)38(3)4)31(37-33)25-14-18-29(19-15-25)39(5)6;1-8-36(9-2)27-16-12-24(13-17-27)30-31(25-14-18-28(19-15-25)37(10-3)11-4)34-32(33-30)26-20-22(5)29(23(6)21-26)35-40(7,38)39;1-13-7-14(2)26(32)21(8-13)27-28-22(19-9-15(3)24(30)16(4)10-19)23(29-27)20-11-17(5)25(31)18(6)12-20;1-14-12-18(13-15(2)23(14)32-25(31)26-3)24-27-21(16-4-8-19(29)9-5-16)22(28-24)17-6-10-20(30)11-7-17/h7-21H,1-6H3,(H,35,40)(H,36,37);12-21,35H,8-11H2,1-7H3,(H,33,34);7-12,30-32H,1-6H3,(H,28,29);4-13,29-30H,1-3H3,(H,26,31)(H,27,28). The minimum absolute atomic E-state index is 0.175. The Kier molecular flexibility index (Phi) is 32.3. The minimum Gasteiger partial charge on any atom is -0.508 e. The molecule has 746 valence electrons. The van der Waals surface area contributed by atoms with Crippen LogP contribution in [0.15, 0.2) is 249 Å². The number of hydrogen-bond acceptors (Lipinski definition) is 19. The van der Waals surface area contributed by atoms with Crippen LogP contribution in [0.25, 0.3) is 136 Å². The summed E-state index contributed by atoms with van der Waals surface area (Å²) in [4.78, 5) is 67.0. The summed E-state index contributed by atoms with van der Waals surface area (Å²) in [5.41, 5.74) is 33.3. The number of benzene rings is 13. The number of aromatic hydroxyl groups is 5. The average molecular weight is 1960 g/mol. The largest absolute Gasteiger partial charge is 0.508 e. The Hall–Kier alpha value is -16.8. The molecule has 0 aliphatic carbocycles. The van der Waals surface area contributed by atoms with E-state index in [4.69, 9.17) is 29.4 Å². The second-order valence-electron chi connectivity index (χ2n) is 36.8. The number of sulfonamides is 1. The van der Waals surface area contributed by atoms with Crippen LogP contribution in [0.1, 0.15) is 94.5 Å². The topological polar surface area (TPSA) is 352 Å². The SMILES string of the molecule is CCN(CC)c1ccc(-c2nc(-c3cc(C)c(NS(C)(=O)=O)c(C)c3)[nH]c2-c2ccc(N(CC)CC)cc2)cc1.CNC(=O)Oc1c(C)cc(-c2nc(-c3ccc(O)cc3)c(-c3ccc(O)cc3)[nH]2)cc1C.Cc1cc(-c2nc(-c3ccc(N(C)C)cc3)c(-c3ccc(N(C)C)cc3)[nH]2)cc(C)c1OC(=O)Nc1ccccc1.Cc1cc(C)c(O)c(-c2nc(-c3cc(C)c(O)c(C)c3)c(-c3cc(C)c(O)c(C)c3)[nH]2)c1. The van der Waals surface area contributed by atoms with Crippen LogP contribution in [0.5, 0.6) is 40.2 Å². The van der Waals surface area contributed by atoms with Gasteiger partial charge in [-0.2, -0.15) is 0 Å². The molecule has 0 fully saturated rings. The summed E-state index contributed by atoms with van der Waals surface area (Å²) in [7, 11) is 6.26. The van der Waals surface area contributed by atoms with Crippen molar-refractivity contribution in [3.63, 3.8) is 0 Å². The second kappa shape index (κ2) is 45.0. The van der Waals surface area contributed by atoms with E-state index >= 15 is 0 Å². The lowest BCUT2D eigenvalue weighted by atomic mass is 9.98. The Labute approximate surface area is 848 Å². The number of aryl methyl sites for hydroxylation is 12. The number of phenols is 5. The minimum atomic E-state index is -3.38. The molecule has 4 aromatic heterocycles. The van der Waals surface area contributed by atoms with Crippen molar-refractivity contribution in [2.75, 3.05) is 97.3 Å². The van der Waals surface area contributed by atoms with Crippen molar-refractivity contribution in [2.45, 2.75) is 111 Å². The molecule has 0 radical (unpaired) electrons. The highest BCUT2D eigenvalue weighted by molar-refractivity contribution is 7.92. The van der Waals surface area contributed by atoms with Crippen molar-refractivity contribution >= 4 is 56.3 Å². The van der Waals surface area contributed by atoms with Gasteiger partial charge < -0.3 is 79.9 Å². The predicted octanol–water partition coefficient (Wildman–Crippen LogP) is 26.4. The number of nitrogens with zero attached hydrogens (tertiary/aromatic N) is 8. The van der Waals surface area contributed by atoms with E-state index in [0.717, 1.165) is 211 Å². The molecule has 13 aromatic carbocycles. The van der Waals surface area contributed by atoms with Crippen molar-refractivity contribution in [3.8, 4) is 176 Å². The van der Waals surface area contributed by atoms with E-state index in [1.807, 2.05) is 227 Å². The number of anilines is 6. The van der Waals surface area contributed by atoms with Gasteiger partial charge in [0.25, 0.3) is 0 Å². The Balaban J connectivity index is 0.000000154. The first-order chi connectivity index (χ1) is 69.2. The van der Waals surface area contributed by atoms with Gasteiger partial charge in [0.2, 0.25) is 10.0 Å². The van der Waals surface area contributed by atoms with Crippen LogP contribution in [-0.4, -0.2) is 154 Å². The molecule has 0 aliphatic heterocycles. The molecule has 12 N–H and O–H groups in total. The number of H-pyrrole nitrogens is 4. The van der Waals surface area contributed by atoms with Crippen LogP contribution in [0, 0.1) is 83.1 Å². The summed E-state index contributed by atoms with van der Waals surface area (Å²) >= 11 is 0. The molecular weight excluding hydrogens is 1840 g/mol. The summed E-state index contributed by atoms with van der Waals surface area (Å²) in [5.74, 6) is 4.83. The maximum Gasteiger partial charge on any atom is 0.417 e. The van der Waals surface area contributed by atoms with Gasteiger partial charge in [0, 0.05) is 151 Å². The molecule has 0 aliphatic rings. The first-order valence-corrected chi connectivity index (χ1v) is 50.0. The van der Waals surface area contributed by atoms with Crippen molar-refractivity contribution in [1.29, 1.82) is 0 Å². The molecule has 2 amide bonds. The summed E-state index contributed by atoms with van der Waals surface area (Å²) in [5, 5.41) is 55.8. The zero-order valence-electron chi connectivity index (χ0n) is 86.2. The fourth-order valence-corrected chi connectivity index (χ4v) is 18.5. The molecule has 0 spiro atoms. The quantitative estimate of drug-likeness (QED) is 0.0253. The second-order valence-corrected chi connectivity index (χ2v) is 38.6. The summed E-state index contributed by atoms with van der Waals surface area (Å²) in [6.45, 7) is 35.2. The normalized spacial score (nSPS) is 11.0. The number of para-hydroxylation sites is 1. The Morgan fingerprint density at radius 2 is 0.628 bits per heavy atom. The zero-order chi connectivity index (χ0) is 104.